The molecule has 0 heterocycles. The van der Waals surface area contributed by atoms with E-state index < -0.39 is 0 Å². The molecular weight excluding hydrogens is 151 g/mol. The normalized spacial score (nSPS) is 15.6. The molecule has 1 rings (SSSR count). The Balaban J connectivity index is 0.000000640. The fraction of sp³-hybridized carbons (Fsp3) is 0.143. The topological polar surface area (TPSA) is 17.1 Å². The van der Waals surface area contributed by atoms with Crippen molar-refractivity contribution in [2.24, 2.45) is 0 Å². The molecule has 1 aliphatic rings. The molecule has 1 aliphatic carbocycles. The minimum absolute atomic E-state index is 0. The third kappa shape index (κ3) is 2.12. The van der Waals surface area contributed by atoms with Crippen LogP contribution >= 0.6 is 0 Å². The minimum atomic E-state index is 0. The molecule has 2 heteroatoms. The molecule has 0 spiro atoms. The Morgan fingerprint density at radius 1 is 1.56 bits per heavy atom. The van der Waals surface area contributed by atoms with Gasteiger partial charge >= 0.3 is 0 Å². The molecule has 0 saturated carbocycles. The number of rotatable bonds is 1. The van der Waals surface area contributed by atoms with Crippen molar-refractivity contribution in [1.29, 1.82) is 0 Å². The molecule has 0 aromatic heterocycles. The van der Waals surface area contributed by atoms with Gasteiger partial charge in [-0.05, 0) is 12.0 Å². The molecule has 0 saturated heterocycles. The van der Waals surface area contributed by atoms with Crippen molar-refractivity contribution >= 4 is 6.29 Å². The van der Waals surface area contributed by atoms with E-state index in [2.05, 4.69) is 6.92 Å². The second-order valence-corrected chi connectivity index (χ2v) is 1.86. The zero-order chi connectivity index (χ0) is 5.98. The molecule has 0 bridgehead atoms. The molecule has 1 radical (unpaired) electrons. The summed E-state index contributed by atoms with van der Waals surface area (Å²) in [6.07, 6.45) is 5.28. The van der Waals surface area contributed by atoms with Gasteiger partial charge in [-0.15, -0.1) is 6.08 Å². The molecular formula is C7H7OV-. The maximum atomic E-state index is 10.0. The molecule has 9 heavy (non-hydrogen) atoms. The van der Waals surface area contributed by atoms with Crippen molar-refractivity contribution in [2.45, 2.75) is 6.42 Å². The largest absolute Gasteiger partial charge is 0.298 e. The van der Waals surface area contributed by atoms with Crippen molar-refractivity contribution in [3.05, 3.63) is 30.2 Å². The Bertz CT molecular complexity index is 168. The molecule has 1 nitrogen and oxygen atoms in total. The van der Waals surface area contributed by atoms with Gasteiger partial charge in [-0.2, -0.15) is 0 Å². The first kappa shape index (κ1) is 8.60. The van der Waals surface area contributed by atoms with Crippen LogP contribution in [-0.2, 0) is 23.4 Å². The summed E-state index contributed by atoms with van der Waals surface area (Å²) in [4.78, 5) is 10.0. The number of allylic oxidation sites excluding steroid dienone is 4. The van der Waals surface area contributed by atoms with Gasteiger partial charge < -0.3 is 0 Å². The SMILES string of the molecule is [CH2-]C1=CC=C(C=O)C1.[V]. The van der Waals surface area contributed by atoms with Gasteiger partial charge in [-0.3, -0.25) is 4.79 Å². The van der Waals surface area contributed by atoms with E-state index in [-0.39, 0.29) is 18.6 Å². The number of aldehydes is 1. The summed E-state index contributed by atoms with van der Waals surface area (Å²) in [5.41, 5.74) is 1.85. The Morgan fingerprint density at radius 3 is 2.44 bits per heavy atom. The van der Waals surface area contributed by atoms with Crippen molar-refractivity contribution < 1.29 is 23.4 Å². The fourth-order valence-electron chi connectivity index (χ4n) is 0.686. The molecule has 0 N–H and O–H groups in total. The van der Waals surface area contributed by atoms with Crippen LogP contribution in [0.4, 0.5) is 0 Å². The Kier molecular flexibility index (Phi) is 3.44. The number of carbonyl (C=O) groups is 1. The predicted octanol–water partition coefficient (Wildman–Crippen LogP) is 1.27. The minimum Gasteiger partial charge on any atom is -0.298 e. The third-order valence-electron chi connectivity index (χ3n) is 1.12. The summed E-state index contributed by atoms with van der Waals surface area (Å²) in [6.45, 7) is 3.69. The second-order valence-electron chi connectivity index (χ2n) is 1.86. The van der Waals surface area contributed by atoms with Gasteiger partial charge in [-0.25, -0.2) is 18.6 Å². The van der Waals surface area contributed by atoms with Crippen LogP contribution in [0.15, 0.2) is 23.3 Å². The molecule has 0 fully saturated rings. The van der Waals surface area contributed by atoms with Crippen molar-refractivity contribution in [3.63, 3.8) is 0 Å². The zero-order valence-corrected chi connectivity index (χ0v) is 6.40. The molecule has 0 aromatic carbocycles. The van der Waals surface area contributed by atoms with Crippen LogP contribution in [0.3, 0.4) is 0 Å². The zero-order valence-electron chi connectivity index (χ0n) is 5.00. The van der Waals surface area contributed by atoms with Crippen LogP contribution in [0.1, 0.15) is 6.42 Å². The van der Waals surface area contributed by atoms with Gasteiger partial charge in [0.2, 0.25) is 0 Å². The summed E-state index contributed by atoms with van der Waals surface area (Å²) >= 11 is 0. The van der Waals surface area contributed by atoms with E-state index in [1.165, 1.54) is 0 Å². The van der Waals surface area contributed by atoms with Crippen LogP contribution in [0, 0.1) is 6.92 Å². The molecule has 0 aliphatic heterocycles. The Hall–Kier alpha value is -0.396. The van der Waals surface area contributed by atoms with Crippen molar-refractivity contribution in [3.8, 4) is 0 Å². The first-order valence-electron chi connectivity index (χ1n) is 2.50. The van der Waals surface area contributed by atoms with E-state index in [1.807, 2.05) is 6.08 Å². The second kappa shape index (κ2) is 3.60. The van der Waals surface area contributed by atoms with Gasteiger partial charge in [0.25, 0.3) is 0 Å². The maximum absolute atomic E-state index is 10.0. The summed E-state index contributed by atoms with van der Waals surface area (Å²) in [5, 5.41) is 0. The number of hydrogen-bond donors (Lipinski definition) is 0. The summed E-state index contributed by atoms with van der Waals surface area (Å²) in [6, 6.07) is 0. The van der Waals surface area contributed by atoms with Crippen LogP contribution < -0.4 is 0 Å². The fourth-order valence-corrected chi connectivity index (χ4v) is 0.686. The van der Waals surface area contributed by atoms with Crippen LogP contribution in [0.2, 0.25) is 0 Å². The average Bonchev–Trinajstić information content (AvgIpc) is 2.14. The molecule has 0 amide bonds. The monoisotopic (exact) mass is 158 g/mol. The van der Waals surface area contributed by atoms with Gasteiger partial charge in [0.1, 0.15) is 6.29 Å². The van der Waals surface area contributed by atoms with E-state index in [1.54, 1.807) is 6.08 Å². The first-order chi connectivity index (χ1) is 3.83. The summed E-state index contributed by atoms with van der Waals surface area (Å²) in [7, 11) is 0. The molecule has 47 valence electrons. The summed E-state index contributed by atoms with van der Waals surface area (Å²) < 4.78 is 0. The third-order valence-corrected chi connectivity index (χ3v) is 1.12. The van der Waals surface area contributed by atoms with Crippen LogP contribution in [-0.4, -0.2) is 6.29 Å². The first-order valence-corrected chi connectivity index (χ1v) is 2.50. The van der Waals surface area contributed by atoms with E-state index in [0.29, 0.717) is 0 Å². The van der Waals surface area contributed by atoms with Gasteiger partial charge in [-0.1, -0.05) is 0 Å². The summed E-state index contributed by atoms with van der Waals surface area (Å²) in [5.74, 6) is 0. The van der Waals surface area contributed by atoms with Gasteiger partial charge in [0.15, 0.2) is 0 Å². The average molecular weight is 158 g/mol. The molecule has 0 atom stereocenters. The number of hydrogen-bond acceptors (Lipinski definition) is 1. The quantitative estimate of drug-likeness (QED) is 0.415. The van der Waals surface area contributed by atoms with Gasteiger partial charge in [0.05, 0.1) is 0 Å². The smallest absolute Gasteiger partial charge is 0.144 e. The van der Waals surface area contributed by atoms with E-state index in [9.17, 15) is 4.79 Å². The maximum Gasteiger partial charge on any atom is 0.144 e. The standard InChI is InChI=1S/C7H7O.V/c1-6-2-3-7(4-6)5-8;/h2-3,5H,1,4H2;/q-1;. The molecule has 0 aromatic rings. The van der Waals surface area contributed by atoms with Crippen molar-refractivity contribution in [2.75, 3.05) is 0 Å². The van der Waals surface area contributed by atoms with Gasteiger partial charge in [0, 0.05) is 18.6 Å². The van der Waals surface area contributed by atoms with E-state index in [4.69, 9.17) is 0 Å². The van der Waals surface area contributed by atoms with E-state index >= 15 is 0 Å². The van der Waals surface area contributed by atoms with Crippen LogP contribution in [0.5, 0.6) is 0 Å². The van der Waals surface area contributed by atoms with Crippen molar-refractivity contribution in [1.82, 2.24) is 0 Å². The molecule has 0 unspecified atom stereocenters. The van der Waals surface area contributed by atoms with Crippen LogP contribution in [0.25, 0.3) is 0 Å². The predicted molar refractivity (Wildman–Crippen MR) is 32.2 cm³/mol. The number of carbonyl (C=O) groups excluding carboxylic acids is 1. The Morgan fingerprint density at radius 2 is 2.22 bits per heavy atom. The Labute approximate surface area is 66.7 Å². The van der Waals surface area contributed by atoms with E-state index in [0.717, 1.165) is 23.9 Å².